The Morgan fingerprint density at radius 3 is 3.00 bits per heavy atom. The Morgan fingerprint density at radius 1 is 1.55 bits per heavy atom. The third-order valence-corrected chi connectivity index (χ3v) is 2.24. The number of aromatic nitrogens is 1. The Balaban J connectivity index is 2.46. The summed E-state index contributed by atoms with van der Waals surface area (Å²) in [7, 11) is 0. The summed E-state index contributed by atoms with van der Waals surface area (Å²) >= 11 is 0. The molecule has 0 unspecified atom stereocenters. The van der Waals surface area contributed by atoms with Gasteiger partial charge in [0.2, 0.25) is 0 Å². The molecule has 1 aromatic heterocycles. The van der Waals surface area contributed by atoms with Crippen molar-refractivity contribution in [2.45, 2.75) is 26.2 Å². The van der Waals surface area contributed by atoms with Gasteiger partial charge < -0.3 is 4.98 Å². The van der Waals surface area contributed by atoms with Crippen molar-refractivity contribution in [2.75, 3.05) is 0 Å². The van der Waals surface area contributed by atoms with Crippen LogP contribution in [0.25, 0.3) is 0 Å². The average Bonchev–Trinajstić information content (AvgIpc) is 2.53. The number of carbonyl (C=O) groups excluding carboxylic acids is 1. The maximum Gasteiger partial charge on any atom is 0.165 e. The van der Waals surface area contributed by atoms with E-state index in [1.54, 1.807) is 0 Å². The van der Waals surface area contributed by atoms with Crippen LogP contribution in [0.15, 0.2) is 6.07 Å². The highest BCUT2D eigenvalue weighted by molar-refractivity contribution is 6.00. The normalized spacial score (nSPS) is 15.5. The molecule has 0 aromatic carbocycles. The standard InChI is InChI=1S/C9H11NO/c1-2-6-5-7-8(10-6)3-4-9(7)11/h5,10H,2-4H2,1H3. The summed E-state index contributed by atoms with van der Waals surface area (Å²) < 4.78 is 0. The van der Waals surface area contributed by atoms with Crippen LogP contribution in [0.4, 0.5) is 0 Å². The highest BCUT2D eigenvalue weighted by atomic mass is 16.1. The Morgan fingerprint density at radius 2 is 2.36 bits per heavy atom. The van der Waals surface area contributed by atoms with Crippen LogP contribution in [0, 0.1) is 0 Å². The van der Waals surface area contributed by atoms with E-state index in [4.69, 9.17) is 0 Å². The van der Waals surface area contributed by atoms with E-state index in [9.17, 15) is 4.79 Å². The number of ketones is 1. The zero-order chi connectivity index (χ0) is 7.84. The number of fused-ring (bicyclic) bond motifs is 1. The van der Waals surface area contributed by atoms with Crippen molar-refractivity contribution in [3.05, 3.63) is 23.0 Å². The SMILES string of the molecule is CCc1cc2c([nH]1)CCC2=O. The van der Waals surface area contributed by atoms with Gasteiger partial charge in [-0.1, -0.05) is 6.92 Å². The number of H-pyrrole nitrogens is 1. The quantitative estimate of drug-likeness (QED) is 0.647. The molecule has 0 saturated carbocycles. The molecule has 0 bridgehead atoms. The van der Waals surface area contributed by atoms with E-state index in [1.165, 1.54) is 5.69 Å². The highest BCUT2D eigenvalue weighted by Crippen LogP contribution is 2.22. The second-order valence-electron chi connectivity index (χ2n) is 2.96. The Labute approximate surface area is 65.6 Å². The number of aryl methyl sites for hydroxylation is 2. The highest BCUT2D eigenvalue weighted by Gasteiger charge is 2.21. The van der Waals surface area contributed by atoms with Crippen molar-refractivity contribution in [1.29, 1.82) is 0 Å². The molecule has 2 rings (SSSR count). The van der Waals surface area contributed by atoms with Crippen LogP contribution >= 0.6 is 0 Å². The summed E-state index contributed by atoms with van der Waals surface area (Å²) in [6.45, 7) is 2.09. The Kier molecular flexibility index (Phi) is 1.34. The fourth-order valence-electron chi connectivity index (χ4n) is 1.57. The maximum atomic E-state index is 11.2. The average molecular weight is 149 g/mol. The van der Waals surface area contributed by atoms with Crippen molar-refractivity contribution in [3.8, 4) is 0 Å². The molecule has 1 heterocycles. The van der Waals surface area contributed by atoms with Gasteiger partial charge in [-0.25, -0.2) is 0 Å². The van der Waals surface area contributed by atoms with Gasteiger partial charge in [0.25, 0.3) is 0 Å². The van der Waals surface area contributed by atoms with E-state index in [0.717, 1.165) is 24.1 Å². The molecular weight excluding hydrogens is 138 g/mol. The smallest absolute Gasteiger partial charge is 0.165 e. The lowest BCUT2D eigenvalue weighted by molar-refractivity contribution is 0.0994. The predicted molar refractivity (Wildman–Crippen MR) is 42.8 cm³/mol. The van der Waals surface area contributed by atoms with Gasteiger partial charge in [0.05, 0.1) is 0 Å². The van der Waals surface area contributed by atoms with E-state index in [-0.39, 0.29) is 0 Å². The second-order valence-corrected chi connectivity index (χ2v) is 2.96. The van der Waals surface area contributed by atoms with Crippen LogP contribution in [0.3, 0.4) is 0 Å². The third-order valence-electron chi connectivity index (χ3n) is 2.24. The molecule has 0 saturated heterocycles. The monoisotopic (exact) mass is 149 g/mol. The number of aromatic amines is 1. The molecule has 58 valence electrons. The first-order chi connectivity index (χ1) is 5.31. The summed E-state index contributed by atoms with van der Waals surface area (Å²) in [4.78, 5) is 14.4. The van der Waals surface area contributed by atoms with Crippen LogP contribution in [0.1, 0.15) is 35.1 Å². The molecule has 1 aromatic rings. The maximum absolute atomic E-state index is 11.2. The lowest BCUT2D eigenvalue weighted by Crippen LogP contribution is -1.88. The molecule has 1 N–H and O–H groups in total. The third kappa shape index (κ3) is 0.897. The molecule has 0 atom stereocenters. The summed E-state index contributed by atoms with van der Waals surface area (Å²) in [6, 6.07) is 1.99. The van der Waals surface area contributed by atoms with E-state index < -0.39 is 0 Å². The van der Waals surface area contributed by atoms with Gasteiger partial charge >= 0.3 is 0 Å². The molecule has 1 aliphatic carbocycles. The summed E-state index contributed by atoms with van der Waals surface area (Å²) in [5.74, 6) is 0.302. The Hall–Kier alpha value is -1.05. The number of hydrogen-bond acceptors (Lipinski definition) is 1. The molecule has 2 nitrogen and oxygen atoms in total. The van der Waals surface area contributed by atoms with Crippen molar-refractivity contribution >= 4 is 5.78 Å². The van der Waals surface area contributed by atoms with Gasteiger partial charge in [0.1, 0.15) is 0 Å². The first-order valence-electron chi connectivity index (χ1n) is 4.05. The zero-order valence-electron chi connectivity index (χ0n) is 6.61. The van der Waals surface area contributed by atoms with E-state index in [1.807, 2.05) is 6.07 Å². The summed E-state index contributed by atoms with van der Waals surface area (Å²) in [6.07, 6.45) is 2.60. The fraction of sp³-hybridized carbons (Fsp3) is 0.444. The minimum Gasteiger partial charge on any atom is -0.362 e. The lowest BCUT2D eigenvalue weighted by atomic mass is 10.2. The fourth-order valence-corrected chi connectivity index (χ4v) is 1.57. The lowest BCUT2D eigenvalue weighted by Gasteiger charge is -1.88. The second kappa shape index (κ2) is 2.22. The molecule has 1 aliphatic rings. The van der Waals surface area contributed by atoms with E-state index in [0.29, 0.717) is 12.2 Å². The van der Waals surface area contributed by atoms with Gasteiger partial charge in [-0.15, -0.1) is 0 Å². The van der Waals surface area contributed by atoms with Gasteiger partial charge in [-0.3, -0.25) is 4.79 Å². The largest absolute Gasteiger partial charge is 0.362 e. The molecule has 0 fully saturated rings. The van der Waals surface area contributed by atoms with Crippen molar-refractivity contribution in [3.63, 3.8) is 0 Å². The van der Waals surface area contributed by atoms with Crippen molar-refractivity contribution < 1.29 is 4.79 Å². The number of hydrogen-bond donors (Lipinski definition) is 1. The van der Waals surface area contributed by atoms with Crippen LogP contribution in [0.2, 0.25) is 0 Å². The van der Waals surface area contributed by atoms with Crippen LogP contribution < -0.4 is 0 Å². The van der Waals surface area contributed by atoms with Gasteiger partial charge in [-0.2, -0.15) is 0 Å². The molecule has 0 radical (unpaired) electrons. The van der Waals surface area contributed by atoms with E-state index in [2.05, 4.69) is 11.9 Å². The first kappa shape index (κ1) is 6.65. The summed E-state index contributed by atoms with van der Waals surface area (Å²) in [5, 5.41) is 0. The van der Waals surface area contributed by atoms with Crippen LogP contribution in [-0.4, -0.2) is 10.8 Å². The predicted octanol–water partition coefficient (Wildman–Crippen LogP) is 1.71. The van der Waals surface area contributed by atoms with E-state index >= 15 is 0 Å². The van der Waals surface area contributed by atoms with Crippen LogP contribution in [-0.2, 0) is 12.8 Å². The van der Waals surface area contributed by atoms with Gasteiger partial charge in [-0.05, 0) is 18.9 Å². The molecule has 0 aliphatic heterocycles. The number of Topliss-reactive ketones (excluding diaryl/α,β-unsaturated/α-hetero) is 1. The number of rotatable bonds is 1. The number of carbonyl (C=O) groups is 1. The first-order valence-corrected chi connectivity index (χ1v) is 4.05. The Bertz CT molecular complexity index is 299. The minimum absolute atomic E-state index is 0.302. The molecular formula is C9H11NO. The molecule has 0 spiro atoms. The van der Waals surface area contributed by atoms with Crippen molar-refractivity contribution in [1.82, 2.24) is 4.98 Å². The zero-order valence-corrected chi connectivity index (χ0v) is 6.61. The molecule has 2 heteroatoms. The summed E-state index contributed by atoms with van der Waals surface area (Å²) in [5.41, 5.74) is 3.26. The van der Waals surface area contributed by atoms with Crippen molar-refractivity contribution in [2.24, 2.45) is 0 Å². The number of nitrogens with one attached hydrogen (secondary N) is 1. The van der Waals surface area contributed by atoms with Gasteiger partial charge in [0.15, 0.2) is 5.78 Å². The molecule has 0 amide bonds. The van der Waals surface area contributed by atoms with Crippen LogP contribution in [0.5, 0.6) is 0 Å². The minimum atomic E-state index is 0.302. The molecule has 11 heavy (non-hydrogen) atoms. The topological polar surface area (TPSA) is 32.9 Å². The van der Waals surface area contributed by atoms with Gasteiger partial charge in [0, 0.05) is 23.4 Å².